The zero-order chi connectivity index (χ0) is 20.8. The quantitative estimate of drug-likeness (QED) is 0.627. The molecule has 7 nitrogen and oxygen atoms in total. The summed E-state index contributed by atoms with van der Waals surface area (Å²) < 4.78 is 10.8. The first kappa shape index (κ1) is 18.2. The van der Waals surface area contributed by atoms with E-state index in [0.29, 0.717) is 28.5 Å². The summed E-state index contributed by atoms with van der Waals surface area (Å²) in [4.78, 5) is 33.0. The zero-order valence-corrected chi connectivity index (χ0v) is 16.4. The van der Waals surface area contributed by atoms with Gasteiger partial charge in [-0.2, -0.15) is 0 Å². The molecule has 2 aliphatic heterocycles. The van der Waals surface area contributed by atoms with Crippen molar-refractivity contribution in [3.8, 4) is 11.5 Å². The van der Waals surface area contributed by atoms with Crippen molar-refractivity contribution in [2.45, 2.75) is 6.10 Å². The molecule has 2 heterocycles. The summed E-state index contributed by atoms with van der Waals surface area (Å²) in [6.45, 7) is 0. The average Bonchev–Trinajstić information content (AvgIpc) is 3.32. The van der Waals surface area contributed by atoms with Gasteiger partial charge in [0.05, 0.1) is 19.9 Å². The molecule has 0 N–H and O–H groups in total. The predicted molar refractivity (Wildman–Crippen MR) is 111 cm³/mol. The molecule has 7 heteroatoms. The second kappa shape index (κ2) is 6.88. The molecule has 30 heavy (non-hydrogen) atoms. The SMILES string of the molecule is COc1cccc(C2=NO[C@H]3C(=O)N(c4ccc5ccccc5c4)C(=O)[C@@H]23)c1OC. The molecule has 0 spiro atoms. The van der Waals surface area contributed by atoms with Crippen molar-refractivity contribution >= 4 is 34.0 Å². The molecule has 3 aromatic rings. The van der Waals surface area contributed by atoms with Crippen molar-refractivity contribution in [2.24, 2.45) is 11.1 Å². The molecule has 0 saturated carbocycles. The lowest BCUT2D eigenvalue weighted by Gasteiger charge is -2.17. The molecular formula is C23H18N2O5. The average molecular weight is 402 g/mol. The maximum atomic E-state index is 13.3. The van der Waals surface area contributed by atoms with Crippen LogP contribution in [0.5, 0.6) is 11.5 Å². The Morgan fingerprint density at radius 3 is 2.47 bits per heavy atom. The first-order chi connectivity index (χ1) is 14.6. The number of carbonyl (C=O) groups excluding carboxylic acids is 2. The first-order valence-electron chi connectivity index (χ1n) is 9.45. The van der Waals surface area contributed by atoms with Gasteiger partial charge in [-0.1, -0.05) is 41.6 Å². The van der Waals surface area contributed by atoms with E-state index in [4.69, 9.17) is 14.3 Å². The third-order valence-electron chi connectivity index (χ3n) is 5.48. The Morgan fingerprint density at radius 1 is 0.900 bits per heavy atom. The van der Waals surface area contributed by atoms with Crippen molar-refractivity contribution in [1.29, 1.82) is 0 Å². The smallest absolute Gasteiger partial charge is 0.278 e. The standard InChI is InChI=1S/C23H18N2O5/c1-28-17-9-5-8-16(20(17)29-2)19-18-21(30-24-19)23(27)25(22(18)26)15-11-10-13-6-3-4-7-14(13)12-15/h3-12,18,21H,1-2H3/t18-,21+/m0/s1. The Balaban J connectivity index is 1.55. The molecule has 5 rings (SSSR count). The van der Waals surface area contributed by atoms with E-state index in [1.54, 1.807) is 24.3 Å². The van der Waals surface area contributed by atoms with Gasteiger partial charge in [-0.3, -0.25) is 9.59 Å². The minimum Gasteiger partial charge on any atom is -0.493 e. The van der Waals surface area contributed by atoms with E-state index in [9.17, 15) is 9.59 Å². The van der Waals surface area contributed by atoms with Gasteiger partial charge < -0.3 is 14.3 Å². The van der Waals surface area contributed by atoms with Crippen LogP contribution in [-0.4, -0.2) is 37.8 Å². The number of hydrogen-bond acceptors (Lipinski definition) is 6. The number of anilines is 1. The lowest BCUT2D eigenvalue weighted by atomic mass is 9.93. The lowest BCUT2D eigenvalue weighted by Crippen LogP contribution is -2.33. The molecular weight excluding hydrogens is 384 g/mol. The molecule has 1 fully saturated rings. The fourth-order valence-corrected chi connectivity index (χ4v) is 4.06. The highest BCUT2D eigenvalue weighted by Crippen LogP contribution is 2.40. The number of carbonyl (C=O) groups is 2. The topological polar surface area (TPSA) is 77.4 Å². The van der Waals surface area contributed by atoms with Crippen LogP contribution in [0.15, 0.2) is 65.8 Å². The number of oxime groups is 1. The van der Waals surface area contributed by atoms with Gasteiger partial charge in [0.1, 0.15) is 11.6 Å². The minimum atomic E-state index is -0.991. The van der Waals surface area contributed by atoms with E-state index in [1.165, 1.54) is 19.1 Å². The highest BCUT2D eigenvalue weighted by atomic mass is 16.7. The maximum Gasteiger partial charge on any atom is 0.278 e. The van der Waals surface area contributed by atoms with Gasteiger partial charge in [-0.25, -0.2) is 4.90 Å². The monoisotopic (exact) mass is 402 g/mol. The fourth-order valence-electron chi connectivity index (χ4n) is 4.06. The van der Waals surface area contributed by atoms with E-state index in [2.05, 4.69) is 5.16 Å². The van der Waals surface area contributed by atoms with E-state index < -0.39 is 17.9 Å². The highest BCUT2D eigenvalue weighted by molar-refractivity contribution is 6.33. The number of para-hydroxylation sites is 1. The summed E-state index contributed by atoms with van der Waals surface area (Å²) >= 11 is 0. The van der Waals surface area contributed by atoms with Crippen LogP contribution in [0.4, 0.5) is 5.69 Å². The van der Waals surface area contributed by atoms with Crippen LogP contribution in [0.3, 0.4) is 0 Å². The number of hydrogen-bond donors (Lipinski definition) is 0. The van der Waals surface area contributed by atoms with Crippen LogP contribution >= 0.6 is 0 Å². The number of fused-ring (bicyclic) bond motifs is 2. The molecule has 0 unspecified atom stereocenters. The largest absolute Gasteiger partial charge is 0.493 e. The zero-order valence-electron chi connectivity index (χ0n) is 16.4. The number of methoxy groups -OCH3 is 2. The van der Waals surface area contributed by atoms with Crippen molar-refractivity contribution in [1.82, 2.24) is 0 Å². The second-order valence-corrected chi connectivity index (χ2v) is 7.06. The first-order valence-corrected chi connectivity index (χ1v) is 9.45. The number of rotatable bonds is 4. The van der Waals surface area contributed by atoms with Crippen molar-refractivity contribution in [3.63, 3.8) is 0 Å². The van der Waals surface area contributed by atoms with Gasteiger partial charge >= 0.3 is 0 Å². The van der Waals surface area contributed by atoms with E-state index >= 15 is 0 Å². The summed E-state index contributed by atoms with van der Waals surface area (Å²) in [5.74, 6) is -0.705. The summed E-state index contributed by atoms with van der Waals surface area (Å²) in [6.07, 6.45) is -0.991. The third kappa shape index (κ3) is 2.55. The van der Waals surface area contributed by atoms with Crippen LogP contribution in [0.2, 0.25) is 0 Å². The second-order valence-electron chi connectivity index (χ2n) is 7.06. The molecule has 0 bridgehead atoms. The fraction of sp³-hybridized carbons (Fsp3) is 0.174. The molecule has 1 saturated heterocycles. The Labute approximate surface area is 172 Å². The lowest BCUT2D eigenvalue weighted by molar-refractivity contribution is -0.126. The third-order valence-corrected chi connectivity index (χ3v) is 5.48. The van der Waals surface area contributed by atoms with E-state index in [1.807, 2.05) is 36.4 Å². The maximum absolute atomic E-state index is 13.3. The summed E-state index contributed by atoms with van der Waals surface area (Å²) in [5.41, 5.74) is 1.43. The van der Waals surface area contributed by atoms with Crippen LogP contribution in [0.25, 0.3) is 10.8 Å². The molecule has 0 radical (unpaired) electrons. The number of benzene rings is 3. The number of ether oxygens (including phenoxy) is 2. The molecule has 2 atom stereocenters. The Bertz CT molecular complexity index is 1220. The van der Waals surface area contributed by atoms with Crippen LogP contribution < -0.4 is 14.4 Å². The molecule has 0 aromatic heterocycles. The van der Waals surface area contributed by atoms with Gasteiger partial charge in [0.2, 0.25) is 12.0 Å². The van der Waals surface area contributed by atoms with Gasteiger partial charge in [-0.05, 0) is 35.0 Å². The van der Waals surface area contributed by atoms with Gasteiger partial charge in [0, 0.05) is 5.56 Å². The van der Waals surface area contributed by atoms with E-state index in [-0.39, 0.29) is 5.91 Å². The summed E-state index contributed by atoms with van der Waals surface area (Å²) in [5, 5.41) is 6.04. The van der Waals surface area contributed by atoms with Crippen LogP contribution in [-0.2, 0) is 14.4 Å². The molecule has 0 aliphatic carbocycles. The van der Waals surface area contributed by atoms with Crippen LogP contribution in [0.1, 0.15) is 5.56 Å². The van der Waals surface area contributed by atoms with Gasteiger partial charge in [-0.15, -0.1) is 0 Å². The summed E-state index contributed by atoms with van der Waals surface area (Å²) in [6, 6.07) is 18.5. The number of amides is 2. The number of nitrogens with zero attached hydrogens (tertiary/aromatic N) is 2. The number of imide groups is 1. The van der Waals surface area contributed by atoms with Gasteiger partial charge in [0.15, 0.2) is 11.5 Å². The summed E-state index contributed by atoms with van der Waals surface area (Å²) in [7, 11) is 3.04. The minimum absolute atomic E-state index is 0.359. The molecule has 2 aliphatic rings. The Kier molecular flexibility index (Phi) is 4.17. The molecule has 3 aromatic carbocycles. The normalized spacial score (nSPS) is 20.2. The van der Waals surface area contributed by atoms with Crippen molar-refractivity contribution < 1.29 is 23.9 Å². The van der Waals surface area contributed by atoms with Crippen molar-refractivity contribution in [3.05, 3.63) is 66.2 Å². The van der Waals surface area contributed by atoms with Gasteiger partial charge in [0.25, 0.3) is 5.91 Å². The predicted octanol–water partition coefficient (Wildman–Crippen LogP) is 3.15. The van der Waals surface area contributed by atoms with Crippen LogP contribution in [0, 0.1) is 5.92 Å². The molecule has 150 valence electrons. The Hall–Kier alpha value is -3.87. The highest BCUT2D eigenvalue weighted by Gasteiger charge is 2.56. The molecule has 2 amide bonds. The Morgan fingerprint density at radius 2 is 1.70 bits per heavy atom. The van der Waals surface area contributed by atoms with Crippen molar-refractivity contribution in [2.75, 3.05) is 19.1 Å². The van der Waals surface area contributed by atoms with E-state index in [0.717, 1.165) is 10.8 Å².